The average molecular weight is 239 g/mol. The number of benzene rings is 1. The number of carbonyl (C=O) groups excluding carboxylic acids is 1. The number of esters is 1. The molecule has 0 radical (unpaired) electrons. The van der Waals surface area contributed by atoms with Crippen LogP contribution in [0.5, 0.6) is 11.5 Å². The summed E-state index contributed by atoms with van der Waals surface area (Å²) in [7, 11) is 2.87. The van der Waals surface area contributed by atoms with Gasteiger partial charge in [0.25, 0.3) is 0 Å². The molecule has 1 unspecified atom stereocenters. The van der Waals surface area contributed by atoms with E-state index in [4.69, 9.17) is 4.74 Å². The summed E-state index contributed by atoms with van der Waals surface area (Å²) in [5.74, 6) is 0.380. The van der Waals surface area contributed by atoms with Crippen molar-refractivity contribution in [3.63, 3.8) is 0 Å². The Balaban J connectivity index is 2.68. The number of methoxy groups -OCH3 is 2. The van der Waals surface area contributed by atoms with Gasteiger partial charge in [0.05, 0.1) is 20.8 Å². The van der Waals surface area contributed by atoms with Crippen LogP contribution in [0.4, 0.5) is 0 Å². The van der Waals surface area contributed by atoms with Gasteiger partial charge in [-0.1, -0.05) is 6.07 Å². The molecule has 0 aliphatic rings. The van der Waals surface area contributed by atoms with E-state index in [-0.39, 0.29) is 24.3 Å². The van der Waals surface area contributed by atoms with Crippen molar-refractivity contribution in [3.8, 4) is 11.5 Å². The van der Waals surface area contributed by atoms with Gasteiger partial charge in [0, 0.05) is 17.7 Å². The van der Waals surface area contributed by atoms with E-state index in [1.807, 2.05) is 6.92 Å². The SMILES string of the molecule is COC(=O)CNC(C)c1ccc(OC)cc1O. The average Bonchev–Trinajstić information content (AvgIpc) is 2.35. The van der Waals surface area contributed by atoms with Gasteiger partial charge in [-0.15, -0.1) is 0 Å². The van der Waals surface area contributed by atoms with Crippen molar-refractivity contribution in [3.05, 3.63) is 23.8 Å². The Morgan fingerprint density at radius 1 is 1.47 bits per heavy atom. The monoisotopic (exact) mass is 239 g/mol. The molecule has 1 aromatic rings. The smallest absolute Gasteiger partial charge is 0.319 e. The van der Waals surface area contributed by atoms with E-state index >= 15 is 0 Å². The van der Waals surface area contributed by atoms with E-state index in [2.05, 4.69) is 10.1 Å². The fraction of sp³-hybridized carbons (Fsp3) is 0.417. The van der Waals surface area contributed by atoms with Crippen molar-refractivity contribution in [2.75, 3.05) is 20.8 Å². The van der Waals surface area contributed by atoms with Crippen LogP contribution in [-0.4, -0.2) is 31.8 Å². The van der Waals surface area contributed by atoms with Crippen LogP contribution in [-0.2, 0) is 9.53 Å². The lowest BCUT2D eigenvalue weighted by Gasteiger charge is -2.15. The van der Waals surface area contributed by atoms with Crippen LogP contribution in [0.2, 0.25) is 0 Å². The van der Waals surface area contributed by atoms with Gasteiger partial charge in [0.15, 0.2) is 0 Å². The van der Waals surface area contributed by atoms with Crippen molar-refractivity contribution in [1.29, 1.82) is 0 Å². The summed E-state index contributed by atoms with van der Waals surface area (Å²) in [6, 6.07) is 4.89. The molecule has 5 heteroatoms. The number of hydrogen-bond donors (Lipinski definition) is 2. The van der Waals surface area contributed by atoms with Crippen molar-refractivity contribution >= 4 is 5.97 Å². The summed E-state index contributed by atoms with van der Waals surface area (Å²) < 4.78 is 9.51. The summed E-state index contributed by atoms with van der Waals surface area (Å²) in [4.78, 5) is 11.0. The van der Waals surface area contributed by atoms with Gasteiger partial charge in [0.2, 0.25) is 0 Å². The first kappa shape index (κ1) is 13.3. The molecular weight excluding hydrogens is 222 g/mol. The number of ether oxygens (including phenoxy) is 2. The van der Waals surface area contributed by atoms with Crippen LogP contribution < -0.4 is 10.1 Å². The van der Waals surface area contributed by atoms with Gasteiger partial charge in [-0.2, -0.15) is 0 Å². The Kier molecular flexibility index (Phi) is 4.78. The molecule has 0 saturated carbocycles. The lowest BCUT2D eigenvalue weighted by molar-refractivity contribution is -0.139. The van der Waals surface area contributed by atoms with E-state index < -0.39 is 0 Å². The topological polar surface area (TPSA) is 67.8 Å². The van der Waals surface area contributed by atoms with Crippen molar-refractivity contribution in [2.24, 2.45) is 0 Å². The number of phenols is 1. The second-order valence-corrected chi connectivity index (χ2v) is 3.60. The zero-order valence-corrected chi connectivity index (χ0v) is 10.2. The first-order valence-corrected chi connectivity index (χ1v) is 5.25. The molecule has 1 rings (SSSR count). The van der Waals surface area contributed by atoms with Gasteiger partial charge in [-0.25, -0.2) is 0 Å². The predicted octanol–water partition coefficient (Wildman–Crippen LogP) is 1.22. The first-order chi connectivity index (χ1) is 8.08. The maximum atomic E-state index is 11.0. The maximum absolute atomic E-state index is 11.0. The Morgan fingerprint density at radius 2 is 2.18 bits per heavy atom. The molecule has 0 aromatic heterocycles. The highest BCUT2D eigenvalue weighted by atomic mass is 16.5. The molecule has 1 atom stereocenters. The lowest BCUT2D eigenvalue weighted by atomic mass is 10.1. The summed E-state index contributed by atoms with van der Waals surface area (Å²) >= 11 is 0. The molecular formula is C12H17NO4. The molecule has 94 valence electrons. The van der Waals surface area contributed by atoms with Gasteiger partial charge in [-0.3, -0.25) is 4.79 Å². The molecule has 0 spiro atoms. The lowest BCUT2D eigenvalue weighted by Crippen LogP contribution is -2.26. The quantitative estimate of drug-likeness (QED) is 0.756. The number of hydrogen-bond acceptors (Lipinski definition) is 5. The van der Waals surface area contributed by atoms with Crippen LogP contribution >= 0.6 is 0 Å². The van der Waals surface area contributed by atoms with Crippen LogP contribution in [0.25, 0.3) is 0 Å². The largest absolute Gasteiger partial charge is 0.507 e. The van der Waals surface area contributed by atoms with Gasteiger partial charge < -0.3 is 19.9 Å². The predicted molar refractivity (Wildman–Crippen MR) is 63.1 cm³/mol. The molecule has 2 N–H and O–H groups in total. The van der Waals surface area contributed by atoms with Crippen LogP contribution in [0, 0.1) is 0 Å². The van der Waals surface area contributed by atoms with Crippen molar-refractivity contribution in [1.82, 2.24) is 5.32 Å². The number of nitrogens with one attached hydrogen (secondary N) is 1. The fourth-order valence-corrected chi connectivity index (χ4v) is 1.44. The number of aromatic hydroxyl groups is 1. The zero-order chi connectivity index (χ0) is 12.8. The summed E-state index contributed by atoms with van der Waals surface area (Å²) in [6.07, 6.45) is 0. The molecule has 1 aromatic carbocycles. The molecule has 17 heavy (non-hydrogen) atoms. The summed E-state index contributed by atoms with van der Waals surface area (Å²) in [5.41, 5.74) is 0.703. The van der Waals surface area contributed by atoms with Crippen LogP contribution in [0.1, 0.15) is 18.5 Å². The maximum Gasteiger partial charge on any atom is 0.319 e. The van der Waals surface area contributed by atoms with Crippen LogP contribution in [0.3, 0.4) is 0 Å². The summed E-state index contributed by atoms with van der Waals surface area (Å²) in [5, 5.41) is 12.7. The third kappa shape index (κ3) is 3.64. The molecule has 0 saturated heterocycles. The first-order valence-electron chi connectivity index (χ1n) is 5.25. The highest BCUT2D eigenvalue weighted by Gasteiger charge is 2.12. The molecule has 0 aliphatic carbocycles. The number of phenolic OH excluding ortho intramolecular Hbond substituents is 1. The van der Waals surface area contributed by atoms with Gasteiger partial charge in [0.1, 0.15) is 11.5 Å². The van der Waals surface area contributed by atoms with Gasteiger partial charge >= 0.3 is 5.97 Å². The zero-order valence-electron chi connectivity index (χ0n) is 10.2. The summed E-state index contributed by atoms with van der Waals surface area (Å²) in [6.45, 7) is 1.95. The standard InChI is InChI=1S/C12H17NO4/c1-8(13-7-12(15)17-3)10-5-4-9(16-2)6-11(10)14/h4-6,8,13-14H,7H2,1-3H3. The minimum atomic E-state index is -0.343. The molecule has 5 nitrogen and oxygen atoms in total. The van der Waals surface area contributed by atoms with E-state index in [1.165, 1.54) is 20.3 Å². The Morgan fingerprint density at radius 3 is 2.71 bits per heavy atom. The number of rotatable bonds is 5. The Bertz CT molecular complexity index is 392. The Labute approximate surface area is 100 Å². The second-order valence-electron chi connectivity index (χ2n) is 3.60. The van der Waals surface area contributed by atoms with Crippen LogP contribution in [0.15, 0.2) is 18.2 Å². The molecule has 0 heterocycles. The van der Waals surface area contributed by atoms with E-state index in [0.29, 0.717) is 11.3 Å². The highest BCUT2D eigenvalue weighted by Crippen LogP contribution is 2.28. The highest BCUT2D eigenvalue weighted by molar-refractivity contribution is 5.71. The second kappa shape index (κ2) is 6.10. The molecule has 0 amide bonds. The minimum absolute atomic E-state index is 0.100. The van der Waals surface area contributed by atoms with Gasteiger partial charge in [-0.05, 0) is 13.0 Å². The normalized spacial score (nSPS) is 11.9. The molecule has 0 bridgehead atoms. The van der Waals surface area contributed by atoms with Crippen molar-refractivity contribution in [2.45, 2.75) is 13.0 Å². The molecule has 0 aliphatic heterocycles. The van der Waals surface area contributed by atoms with E-state index in [9.17, 15) is 9.90 Å². The van der Waals surface area contributed by atoms with E-state index in [0.717, 1.165) is 0 Å². The Hall–Kier alpha value is -1.75. The van der Waals surface area contributed by atoms with Crippen molar-refractivity contribution < 1.29 is 19.4 Å². The minimum Gasteiger partial charge on any atom is -0.507 e. The molecule has 0 fully saturated rings. The number of carbonyl (C=O) groups is 1. The fourth-order valence-electron chi connectivity index (χ4n) is 1.44. The van der Waals surface area contributed by atoms with E-state index in [1.54, 1.807) is 12.1 Å². The third-order valence-corrected chi connectivity index (χ3v) is 2.48. The third-order valence-electron chi connectivity index (χ3n) is 2.48.